The lowest BCUT2D eigenvalue weighted by molar-refractivity contribution is -0.137. The van der Waals surface area contributed by atoms with Gasteiger partial charge < -0.3 is 16.0 Å². The highest BCUT2D eigenvalue weighted by Gasteiger charge is 2.31. The lowest BCUT2D eigenvalue weighted by Gasteiger charge is -2.36. The van der Waals surface area contributed by atoms with Crippen LogP contribution in [0.2, 0.25) is 0 Å². The molecule has 1 saturated heterocycles. The molecule has 1 fully saturated rings. The third kappa shape index (κ3) is 6.21. The minimum absolute atomic E-state index is 0.0307. The molecule has 0 spiro atoms. The zero-order valence-electron chi connectivity index (χ0n) is 14.2. The van der Waals surface area contributed by atoms with Crippen LogP contribution in [0.3, 0.4) is 0 Å². The normalized spacial score (nSPS) is 16.1. The van der Waals surface area contributed by atoms with Crippen LogP contribution in [-0.2, 0) is 11.0 Å². The fourth-order valence-corrected chi connectivity index (χ4v) is 2.86. The first-order chi connectivity index (χ1) is 11.9. The van der Waals surface area contributed by atoms with E-state index in [1.165, 1.54) is 12.1 Å². The van der Waals surface area contributed by atoms with Gasteiger partial charge in [-0.05, 0) is 31.2 Å². The highest BCUT2D eigenvalue weighted by Crippen LogP contribution is 2.31. The topological polar surface area (TPSA) is 61.6 Å². The Morgan fingerprint density at radius 1 is 1.20 bits per heavy atom. The van der Waals surface area contributed by atoms with Gasteiger partial charge in [0.15, 0.2) is 0 Å². The molecule has 1 aromatic rings. The summed E-state index contributed by atoms with van der Waals surface area (Å²) in [4.78, 5) is 15.5. The predicted octanol–water partition coefficient (Wildman–Crippen LogP) is 1.68. The third-order valence-electron chi connectivity index (χ3n) is 4.26. The number of benzene rings is 1. The predicted molar refractivity (Wildman–Crippen MR) is 91.4 cm³/mol. The summed E-state index contributed by atoms with van der Waals surface area (Å²) in [6.45, 7) is 4.82. The van der Waals surface area contributed by atoms with E-state index in [0.717, 1.165) is 32.1 Å². The fraction of sp³-hybridized carbons (Fsp3) is 0.588. The van der Waals surface area contributed by atoms with Crippen molar-refractivity contribution in [2.75, 3.05) is 50.7 Å². The van der Waals surface area contributed by atoms with Crippen molar-refractivity contribution >= 4 is 11.6 Å². The second-order valence-electron chi connectivity index (χ2n) is 6.12. The van der Waals surface area contributed by atoms with Crippen LogP contribution >= 0.6 is 0 Å². The molecule has 1 aliphatic rings. The van der Waals surface area contributed by atoms with Gasteiger partial charge in [0.05, 0.1) is 5.56 Å². The molecular weight excluding hydrogens is 333 g/mol. The van der Waals surface area contributed by atoms with Gasteiger partial charge in [-0.1, -0.05) is 6.07 Å². The van der Waals surface area contributed by atoms with E-state index in [0.29, 0.717) is 38.3 Å². The number of nitrogens with two attached hydrogens (primary N) is 1. The van der Waals surface area contributed by atoms with Gasteiger partial charge in [0.2, 0.25) is 5.91 Å². The van der Waals surface area contributed by atoms with Gasteiger partial charge in [-0.25, -0.2) is 0 Å². The van der Waals surface area contributed by atoms with E-state index in [4.69, 9.17) is 5.73 Å². The first-order valence-corrected chi connectivity index (χ1v) is 8.51. The van der Waals surface area contributed by atoms with Crippen molar-refractivity contribution in [3.8, 4) is 0 Å². The number of hydrogen-bond acceptors (Lipinski definition) is 4. The number of carbonyl (C=O) groups is 1. The minimum Gasteiger partial charge on any atom is -0.369 e. The Bertz CT molecular complexity index is 557. The van der Waals surface area contributed by atoms with E-state index in [-0.39, 0.29) is 5.91 Å². The molecule has 0 aromatic heterocycles. The van der Waals surface area contributed by atoms with Crippen molar-refractivity contribution in [2.45, 2.75) is 19.0 Å². The van der Waals surface area contributed by atoms with Crippen molar-refractivity contribution < 1.29 is 18.0 Å². The average molecular weight is 358 g/mol. The maximum atomic E-state index is 12.8. The molecule has 25 heavy (non-hydrogen) atoms. The van der Waals surface area contributed by atoms with Crippen molar-refractivity contribution in [2.24, 2.45) is 5.73 Å². The first-order valence-electron chi connectivity index (χ1n) is 8.51. The Balaban J connectivity index is 1.74. The summed E-state index contributed by atoms with van der Waals surface area (Å²) in [5.41, 5.74) is 5.31. The molecule has 1 aliphatic heterocycles. The SMILES string of the molecule is NCCC(=O)NCCCN1CCN(c2cccc(C(F)(F)F)c2)CC1. The summed E-state index contributed by atoms with van der Waals surface area (Å²) in [5.74, 6) is -0.0307. The monoisotopic (exact) mass is 358 g/mol. The number of halogens is 3. The molecular formula is C17H25F3N4O. The molecule has 0 unspecified atom stereocenters. The van der Waals surface area contributed by atoms with Crippen LogP contribution in [-0.4, -0.2) is 56.6 Å². The fourth-order valence-electron chi connectivity index (χ4n) is 2.86. The minimum atomic E-state index is -4.31. The lowest BCUT2D eigenvalue weighted by atomic mass is 10.1. The zero-order valence-corrected chi connectivity index (χ0v) is 14.2. The second-order valence-corrected chi connectivity index (χ2v) is 6.12. The van der Waals surface area contributed by atoms with Crippen LogP contribution < -0.4 is 16.0 Å². The number of rotatable bonds is 7. The Morgan fingerprint density at radius 2 is 1.92 bits per heavy atom. The maximum Gasteiger partial charge on any atom is 0.416 e. The number of alkyl halides is 3. The van der Waals surface area contributed by atoms with Crippen LogP contribution in [0, 0.1) is 0 Å². The number of carbonyl (C=O) groups excluding carboxylic acids is 1. The molecule has 5 nitrogen and oxygen atoms in total. The van der Waals surface area contributed by atoms with Crippen LogP contribution in [0.25, 0.3) is 0 Å². The molecule has 0 radical (unpaired) electrons. The standard InChI is InChI=1S/C17H25F3N4O/c18-17(19,20)14-3-1-4-15(13-14)24-11-9-23(10-12-24)8-2-7-22-16(25)5-6-21/h1,3-4,13H,2,5-12,21H2,(H,22,25). The van der Waals surface area contributed by atoms with Gasteiger partial charge in [0.25, 0.3) is 0 Å². The van der Waals surface area contributed by atoms with E-state index in [9.17, 15) is 18.0 Å². The number of amides is 1. The summed E-state index contributed by atoms with van der Waals surface area (Å²) in [6.07, 6.45) is -3.12. The third-order valence-corrected chi connectivity index (χ3v) is 4.26. The molecule has 0 bridgehead atoms. The molecule has 1 amide bonds. The summed E-state index contributed by atoms with van der Waals surface area (Å²) in [5, 5.41) is 2.82. The number of hydrogen-bond donors (Lipinski definition) is 2. The highest BCUT2D eigenvalue weighted by atomic mass is 19.4. The number of anilines is 1. The van der Waals surface area contributed by atoms with Crippen molar-refractivity contribution in [1.29, 1.82) is 0 Å². The average Bonchev–Trinajstić information content (AvgIpc) is 2.59. The Morgan fingerprint density at radius 3 is 2.56 bits per heavy atom. The van der Waals surface area contributed by atoms with Crippen LogP contribution in [0.4, 0.5) is 18.9 Å². The van der Waals surface area contributed by atoms with E-state index in [1.807, 2.05) is 4.90 Å². The summed E-state index contributed by atoms with van der Waals surface area (Å²) >= 11 is 0. The van der Waals surface area contributed by atoms with Crippen LogP contribution in [0.15, 0.2) is 24.3 Å². The second kappa shape index (κ2) is 9.05. The molecule has 1 aromatic carbocycles. The summed E-state index contributed by atoms with van der Waals surface area (Å²) in [6, 6.07) is 5.48. The van der Waals surface area contributed by atoms with E-state index in [2.05, 4.69) is 10.2 Å². The smallest absolute Gasteiger partial charge is 0.369 e. The van der Waals surface area contributed by atoms with Crippen LogP contribution in [0.1, 0.15) is 18.4 Å². The highest BCUT2D eigenvalue weighted by molar-refractivity contribution is 5.75. The number of piperazine rings is 1. The van der Waals surface area contributed by atoms with Gasteiger partial charge in [-0.3, -0.25) is 9.69 Å². The van der Waals surface area contributed by atoms with Gasteiger partial charge in [0.1, 0.15) is 0 Å². The molecule has 8 heteroatoms. The van der Waals surface area contributed by atoms with Gasteiger partial charge in [-0.15, -0.1) is 0 Å². The summed E-state index contributed by atoms with van der Waals surface area (Å²) < 4.78 is 38.4. The van der Waals surface area contributed by atoms with Crippen molar-refractivity contribution in [3.63, 3.8) is 0 Å². The molecule has 0 aliphatic carbocycles. The van der Waals surface area contributed by atoms with E-state index in [1.54, 1.807) is 6.07 Å². The van der Waals surface area contributed by atoms with Gasteiger partial charge >= 0.3 is 6.18 Å². The van der Waals surface area contributed by atoms with Gasteiger partial charge in [0, 0.05) is 51.4 Å². The first kappa shape index (κ1) is 19.5. The van der Waals surface area contributed by atoms with Gasteiger partial charge in [-0.2, -0.15) is 13.2 Å². The largest absolute Gasteiger partial charge is 0.416 e. The molecule has 1 heterocycles. The van der Waals surface area contributed by atoms with Crippen molar-refractivity contribution in [1.82, 2.24) is 10.2 Å². The molecule has 3 N–H and O–H groups in total. The number of nitrogens with one attached hydrogen (secondary N) is 1. The molecule has 2 rings (SSSR count). The molecule has 0 atom stereocenters. The van der Waals surface area contributed by atoms with E-state index >= 15 is 0 Å². The van der Waals surface area contributed by atoms with E-state index < -0.39 is 11.7 Å². The zero-order chi connectivity index (χ0) is 18.3. The number of nitrogens with zero attached hydrogens (tertiary/aromatic N) is 2. The maximum absolute atomic E-state index is 12.8. The molecule has 140 valence electrons. The quantitative estimate of drug-likeness (QED) is 0.728. The lowest BCUT2D eigenvalue weighted by Crippen LogP contribution is -2.47. The summed E-state index contributed by atoms with van der Waals surface area (Å²) in [7, 11) is 0. The Kier molecular flexibility index (Phi) is 7.07. The van der Waals surface area contributed by atoms with Crippen molar-refractivity contribution in [3.05, 3.63) is 29.8 Å². The Hall–Kier alpha value is -1.80. The van der Waals surface area contributed by atoms with Crippen LogP contribution in [0.5, 0.6) is 0 Å². The Labute approximate surface area is 146 Å². The molecule has 0 saturated carbocycles.